The minimum absolute atomic E-state index is 0.105. The summed E-state index contributed by atoms with van der Waals surface area (Å²) in [7, 11) is 0. The second-order valence-corrected chi connectivity index (χ2v) is 4.65. The van der Waals surface area contributed by atoms with Crippen LogP contribution in [-0.4, -0.2) is 15.5 Å². The van der Waals surface area contributed by atoms with Crippen molar-refractivity contribution in [2.75, 3.05) is 11.1 Å². The number of carbonyl (C=O) groups is 1. The Bertz CT molecular complexity index is 636. The molecule has 0 fully saturated rings. The Balaban J connectivity index is 1.96. The van der Waals surface area contributed by atoms with Gasteiger partial charge in [-0.2, -0.15) is 0 Å². The fraction of sp³-hybridized carbons (Fsp3) is 0.286. The summed E-state index contributed by atoms with van der Waals surface area (Å²) >= 11 is 0. The molecule has 0 spiro atoms. The smallest absolute Gasteiger partial charge is 0.226 e. The third kappa shape index (κ3) is 3.14. The van der Waals surface area contributed by atoms with E-state index < -0.39 is 5.82 Å². The second kappa shape index (κ2) is 5.73. The van der Waals surface area contributed by atoms with E-state index >= 15 is 0 Å². The highest BCUT2D eigenvalue weighted by molar-refractivity contribution is 5.91. The van der Waals surface area contributed by atoms with Crippen LogP contribution in [0.15, 0.2) is 24.5 Å². The number of imidazole rings is 1. The molecule has 1 amide bonds. The van der Waals surface area contributed by atoms with Crippen LogP contribution in [0.1, 0.15) is 17.8 Å². The van der Waals surface area contributed by atoms with Crippen molar-refractivity contribution in [3.63, 3.8) is 0 Å². The third-order valence-electron chi connectivity index (χ3n) is 3.19. The highest BCUT2D eigenvalue weighted by Gasteiger charge is 2.09. The van der Waals surface area contributed by atoms with Crippen molar-refractivity contribution in [3.05, 3.63) is 41.7 Å². The number of amides is 1. The number of anilines is 2. The first-order valence-corrected chi connectivity index (χ1v) is 6.30. The summed E-state index contributed by atoms with van der Waals surface area (Å²) in [6.45, 7) is 4.36. The first-order chi connectivity index (χ1) is 9.47. The number of benzene rings is 1. The summed E-state index contributed by atoms with van der Waals surface area (Å²) in [6.07, 6.45) is 1.93. The van der Waals surface area contributed by atoms with Crippen molar-refractivity contribution in [1.29, 1.82) is 0 Å². The molecule has 0 aliphatic rings. The van der Waals surface area contributed by atoms with Crippen LogP contribution < -0.4 is 11.1 Å². The summed E-state index contributed by atoms with van der Waals surface area (Å²) in [5.74, 6) is -0.762. The molecule has 0 aliphatic heterocycles. The molecule has 0 saturated heterocycles. The zero-order valence-electron chi connectivity index (χ0n) is 11.5. The number of nitrogens with two attached hydrogens (primary N) is 1. The lowest BCUT2D eigenvalue weighted by Crippen LogP contribution is -2.15. The van der Waals surface area contributed by atoms with Crippen molar-refractivity contribution >= 4 is 17.3 Å². The van der Waals surface area contributed by atoms with Gasteiger partial charge in [0, 0.05) is 24.3 Å². The van der Waals surface area contributed by atoms with Gasteiger partial charge in [0.05, 0.1) is 17.7 Å². The summed E-state index contributed by atoms with van der Waals surface area (Å²) < 4.78 is 15.4. The average Bonchev–Trinajstić information content (AvgIpc) is 2.72. The number of nitrogens with one attached hydrogen (secondary N) is 1. The largest absolute Gasteiger partial charge is 0.399 e. The number of hydrogen-bond acceptors (Lipinski definition) is 3. The lowest BCUT2D eigenvalue weighted by molar-refractivity contribution is -0.116. The van der Waals surface area contributed by atoms with Gasteiger partial charge in [-0.05, 0) is 32.0 Å². The average molecular weight is 276 g/mol. The minimum atomic E-state index is -0.498. The number of nitrogen functional groups attached to an aromatic ring is 1. The zero-order chi connectivity index (χ0) is 14.7. The molecule has 3 N–H and O–H groups in total. The van der Waals surface area contributed by atoms with E-state index in [9.17, 15) is 9.18 Å². The molecule has 0 saturated carbocycles. The fourth-order valence-corrected chi connectivity index (χ4v) is 1.84. The molecule has 0 radical (unpaired) electrons. The molecule has 2 aromatic rings. The predicted octanol–water partition coefficient (Wildman–Crippen LogP) is 2.25. The van der Waals surface area contributed by atoms with E-state index in [1.165, 1.54) is 18.2 Å². The van der Waals surface area contributed by atoms with E-state index in [4.69, 9.17) is 5.73 Å². The van der Waals surface area contributed by atoms with Gasteiger partial charge in [-0.25, -0.2) is 9.37 Å². The number of halogens is 1. The van der Waals surface area contributed by atoms with Crippen molar-refractivity contribution in [2.24, 2.45) is 0 Å². The minimum Gasteiger partial charge on any atom is -0.399 e. The van der Waals surface area contributed by atoms with Gasteiger partial charge < -0.3 is 15.6 Å². The molecule has 0 atom stereocenters. The number of aromatic nitrogens is 2. The number of rotatable bonds is 4. The molecule has 6 heteroatoms. The lowest BCUT2D eigenvalue weighted by atomic mass is 10.2. The summed E-state index contributed by atoms with van der Waals surface area (Å²) in [5, 5.41) is 2.52. The van der Waals surface area contributed by atoms with E-state index in [2.05, 4.69) is 10.3 Å². The van der Waals surface area contributed by atoms with Crippen molar-refractivity contribution in [1.82, 2.24) is 9.55 Å². The van der Waals surface area contributed by atoms with E-state index in [-0.39, 0.29) is 18.0 Å². The topological polar surface area (TPSA) is 72.9 Å². The SMILES string of the molecule is Cc1ncn(CCC(=O)Nc2cc(N)ccc2F)c1C. The number of hydrogen-bond donors (Lipinski definition) is 2. The van der Waals surface area contributed by atoms with Crippen LogP contribution in [0.5, 0.6) is 0 Å². The molecule has 0 unspecified atom stereocenters. The Morgan fingerprint density at radius 1 is 1.45 bits per heavy atom. The highest BCUT2D eigenvalue weighted by atomic mass is 19.1. The number of nitrogens with zero attached hydrogens (tertiary/aromatic N) is 2. The molecular formula is C14H17FN4O. The van der Waals surface area contributed by atoms with Gasteiger partial charge >= 0.3 is 0 Å². The van der Waals surface area contributed by atoms with Gasteiger partial charge in [0.2, 0.25) is 5.91 Å². The van der Waals surface area contributed by atoms with Crippen LogP contribution in [0, 0.1) is 19.7 Å². The predicted molar refractivity (Wildman–Crippen MR) is 75.8 cm³/mol. The zero-order valence-corrected chi connectivity index (χ0v) is 11.5. The van der Waals surface area contributed by atoms with Crippen molar-refractivity contribution in [2.45, 2.75) is 26.8 Å². The first kappa shape index (κ1) is 14.0. The van der Waals surface area contributed by atoms with Crippen molar-refractivity contribution in [3.8, 4) is 0 Å². The summed E-state index contributed by atoms with van der Waals surface area (Å²) in [6, 6.07) is 4.08. The molecule has 2 rings (SSSR count). The second-order valence-electron chi connectivity index (χ2n) is 4.65. The highest BCUT2D eigenvalue weighted by Crippen LogP contribution is 2.17. The van der Waals surface area contributed by atoms with E-state index in [1.54, 1.807) is 6.33 Å². The van der Waals surface area contributed by atoms with Gasteiger partial charge in [-0.3, -0.25) is 4.79 Å². The van der Waals surface area contributed by atoms with Gasteiger partial charge in [0.15, 0.2) is 0 Å². The van der Waals surface area contributed by atoms with Crippen LogP contribution in [0.3, 0.4) is 0 Å². The molecule has 5 nitrogen and oxygen atoms in total. The quantitative estimate of drug-likeness (QED) is 0.841. The molecular weight excluding hydrogens is 259 g/mol. The number of carbonyl (C=O) groups excluding carboxylic acids is 1. The molecule has 0 aliphatic carbocycles. The van der Waals surface area contributed by atoms with E-state index in [0.29, 0.717) is 12.2 Å². The van der Waals surface area contributed by atoms with Crippen LogP contribution in [0.4, 0.5) is 15.8 Å². The Hall–Kier alpha value is -2.37. The third-order valence-corrected chi connectivity index (χ3v) is 3.19. The van der Waals surface area contributed by atoms with Crippen LogP contribution in [0.25, 0.3) is 0 Å². The first-order valence-electron chi connectivity index (χ1n) is 6.30. The molecule has 1 aromatic heterocycles. The molecule has 0 bridgehead atoms. The Morgan fingerprint density at radius 2 is 2.20 bits per heavy atom. The molecule has 106 valence electrons. The Labute approximate surface area is 116 Å². The van der Waals surface area contributed by atoms with E-state index in [1.807, 2.05) is 18.4 Å². The van der Waals surface area contributed by atoms with Gasteiger partial charge in [0.1, 0.15) is 5.82 Å². The lowest BCUT2D eigenvalue weighted by Gasteiger charge is -2.08. The van der Waals surface area contributed by atoms with Crippen LogP contribution in [0.2, 0.25) is 0 Å². The Kier molecular flexibility index (Phi) is 4.02. The normalized spacial score (nSPS) is 10.6. The van der Waals surface area contributed by atoms with Gasteiger partial charge in [-0.1, -0.05) is 0 Å². The summed E-state index contributed by atoms with van der Waals surface area (Å²) in [4.78, 5) is 16.0. The maximum atomic E-state index is 13.5. The Morgan fingerprint density at radius 3 is 2.85 bits per heavy atom. The van der Waals surface area contributed by atoms with E-state index in [0.717, 1.165) is 11.4 Å². The van der Waals surface area contributed by atoms with Gasteiger partial charge in [-0.15, -0.1) is 0 Å². The maximum Gasteiger partial charge on any atom is 0.226 e. The summed E-state index contributed by atoms with van der Waals surface area (Å²) in [5.41, 5.74) is 8.03. The fourth-order valence-electron chi connectivity index (χ4n) is 1.84. The van der Waals surface area contributed by atoms with Crippen LogP contribution in [-0.2, 0) is 11.3 Å². The standard InChI is InChI=1S/C14H17FN4O/c1-9-10(2)19(8-17-9)6-5-14(20)18-13-7-11(16)3-4-12(13)15/h3-4,7-8H,5-6,16H2,1-2H3,(H,18,20). The van der Waals surface area contributed by atoms with Gasteiger partial charge in [0.25, 0.3) is 0 Å². The molecule has 1 heterocycles. The molecule has 20 heavy (non-hydrogen) atoms. The number of aryl methyl sites for hydroxylation is 2. The maximum absolute atomic E-state index is 13.5. The van der Waals surface area contributed by atoms with Crippen molar-refractivity contribution < 1.29 is 9.18 Å². The monoisotopic (exact) mass is 276 g/mol. The van der Waals surface area contributed by atoms with Crippen LogP contribution >= 0.6 is 0 Å². The molecule has 1 aromatic carbocycles.